The van der Waals surface area contributed by atoms with Gasteiger partial charge in [-0.3, -0.25) is 14.4 Å². The van der Waals surface area contributed by atoms with Crippen LogP contribution < -0.4 is 5.32 Å². The molecule has 168 valence electrons. The number of halogens is 2. The third kappa shape index (κ3) is 4.30. The van der Waals surface area contributed by atoms with Crippen LogP contribution in [-0.2, 0) is 14.8 Å². The van der Waals surface area contributed by atoms with E-state index in [0.29, 0.717) is 10.4 Å². The largest absolute Gasteiger partial charge is 0.325 e. The Balaban J connectivity index is 1.74. The number of carbonyl (C=O) groups is 3. The molecule has 1 amide bonds. The number of rotatable bonds is 5. The Morgan fingerprint density at radius 2 is 1.52 bits per heavy atom. The number of anilines is 1. The van der Waals surface area contributed by atoms with E-state index in [-0.39, 0.29) is 21.7 Å². The highest BCUT2D eigenvalue weighted by Crippen LogP contribution is 2.31. The summed E-state index contributed by atoms with van der Waals surface area (Å²) in [4.78, 5) is 38.7. The van der Waals surface area contributed by atoms with E-state index < -0.39 is 51.7 Å². The molecule has 0 aliphatic carbocycles. The monoisotopic (exact) mass is 470 g/mol. The molecule has 0 aromatic heterocycles. The van der Waals surface area contributed by atoms with E-state index in [1.165, 1.54) is 36.4 Å². The van der Waals surface area contributed by atoms with Gasteiger partial charge in [-0.25, -0.2) is 17.2 Å². The number of fused-ring (bicyclic) bond motifs is 1. The third-order valence-corrected chi connectivity index (χ3v) is 6.90. The topological polar surface area (TPSA) is 101 Å². The fourth-order valence-corrected chi connectivity index (χ4v) is 5.30. The Labute approximate surface area is 187 Å². The summed E-state index contributed by atoms with van der Waals surface area (Å²) in [6, 6.07) is 13.5. The first-order chi connectivity index (χ1) is 15.7. The average molecular weight is 470 g/mol. The lowest BCUT2D eigenvalue weighted by molar-refractivity contribution is -0.116. The first kappa shape index (κ1) is 22.4. The highest BCUT2D eigenvalue weighted by molar-refractivity contribution is 7.89. The quantitative estimate of drug-likeness (QED) is 0.456. The molecule has 0 bridgehead atoms. The molecule has 0 fully saturated rings. The van der Waals surface area contributed by atoms with E-state index in [1.807, 2.05) is 0 Å². The number of carbonyl (C=O) groups excluding carboxylic acids is 3. The Morgan fingerprint density at radius 1 is 0.909 bits per heavy atom. The van der Waals surface area contributed by atoms with Gasteiger partial charge in [0.15, 0.2) is 17.6 Å². The van der Waals surface area contributed by atoms with Crippen LogP contribution in [0.1, 0.15) is 20.7 Å². The second-order valence-corrected chi connectivity index (χ2v) is 9.11. The van der Waals surface area contributed by atoms with Crippen molar-refractivity contribution in [2.45, 2.75) is 10.9 Å². The van der Waals surface area contributed by atoms with Crippen LogP contribution in [0.3, 0.4) is 0 Å². The van der Waals surface area contributed by atoms with Gasteiger partial charge in [-0.15, -0.1) is 0 Å². The summed E-state index contributed by atoms with van der Waals surface area (Å²) in [5, 5.41) is 2.20. The number of benzene rings is 3. The zero-order chi connectivity index (χ0) is 23.8. The maximum Gasteiger partial charge on any atom is 0.245 e. The van der Waals surface area contributed by atoms with Crippen LogP contribution in [-0.4, -0.2) is 42.8 Å². The average Bonchev–Trinajstić information content (AvgIpc) is 2.77. The van der Waals surface area contributed by atoms with E-state index in [2.05, 4.69) is 5.32 Å². The Bertz CT molecular complexity index is 1360. The second kappa shape index (κ2) is 8.64. The van der Waals surface area contributed by atoms with Gasteiger partial charge in [0.1, 0.15) is 11.6 Å². The standard InChI is InChI=1S/C23H16F2N2O5S/c24-15-10-16(25)12-17(11-15)26-20(28)13-27-21(22(29)14-6-2-1-3-7-14)23(30)18-8-4-5-9-19(18)33(27,31)32/h1-12,21H,13H2,(H,26,28). The number of sulfonamides is 1. The molecule has 1 aliphatic heterocycles. The van der Waals surface area contributed by atoms with Crippen molar-refractivity contribution in [2.24, 2.45) is 0 Å². The third-order valence-electron chi connectivity index (χ3n) is 5.03. The Morgan fingerprint density at radius 3 is 2.18 bits per heavy atom. The van der Waals surface area contributed by atoms with E-state index >= 15 is 0 Å². The van der Waals surface area contributed by atoms with Crippen molar-refractivity contribution in [3.63, 3.8) is 0 Å². The molecule has 1 unspecified atom stereocenters. The van der Waals surface area contributed by atoms with Crippen LogP contribution in [0.5, 0.6) is 0 Å². The van der Waals surface area contributed by atoms with Crippen LogP contribution >= 0.6 is 0 Å². The molecule has 1 aliphatic rings. The molecule has 7 nitrogen and oxygen atoms in total. The Kier molecular flexibility index (Phi) is 5.88. The summed E-state index contributed by atoms with van der Waals surface area (Å²) >= 11 is 0. The number of nitrogens with one attached hydrogen (secondary N) is 1. The number of Topliss-reactive ketones (excluding diaryl/α,β-unsaturated/α-hetero) is 2. The SMILES string of the molecule is O=C(CN1C(C(=O)c2ccccc2)C(=O)c2ccccc2S1(=O)=O)Nc1cc(F)cc(F)c1. The number of hydrogen-bond acceptors (Lipinski definition) is 5. The fraction of sp³-hybridized carbons (Fsp3) is 0.0870. The summed E-state index contributed by atoms with van der Waals surface area (Å²) in [5.74, 6) is -4.46. The smallest absolute Gasteiger partial charge is 0.245 e. The fourth-order valence-electron chi connectivity index (χ4n) is 3.59. The van der Waals surface area contributed by atoms with Gasteiger partial charge in [0, 0.05) is 22.9 Å². The summed E-state index contributed by atoms with van der Waals surface area (Å²) < 4.78 is 54.0. The summed E-state index contributed by atoms with van der Waals surface area (Å²) in [6.45, 7) is -0.927. The first-order valence-electron chi connectivity index (χ1n) is 9.69. The molecule has 1 N–H and O–H groups in total. The molecular formula is C23H16F2N2O5S. The van der Waals surface area contributed by atoms with Gasteiger partial charge in [0.2, 0.25) is 15.9 Å². The lowest BCUT2D eigenvalue weighted by Crippen LogP contribution is -2.55. The molecule has 1 atom stereocenters. The molecule has 4 rings (SSSR count). The molecule has 33 heavy (non-hydrogen) atoms. The molecule has 10 heteroatoms. The summed E-state index contributed by atoms with van der Waals surface area (Å²) in [7, 11) is -4.44. The van der Waals surface area contributed by atoms with Gasteiger partial charge >= 0.3 is 0 Å². The van der Waals surface area contributed by atoms with E-state index in [4.69, 9.17) is 0 Å². The predicted molar refractivity (Wildman–Crippen MR) is 114 cm³/mol. The number of amides is 1. The summed E-state index contributed by atoms with van der Waals surface area (Å²) in [6.07, 6.45) is 0. The van der Waals surface area contributed by atoms with Crippen molar-refractivity contribution in [3.05, 3.63) is 95.6 Å². The van der Waals surface area contributed by atoms with Crippen molar-refractivity contribution in [1.82, 2.24) is 4.31 Å². The first-order valence-corrected chi connectivity index (χ1v) is 11.1. The van der Waals surface area contributed by atoms with Crippen molar-refractivity contribution >= 4 is 33.2 Å². The number of nitrogens with zero attached hydrogens (tertiary/aromatic N) is 1. The van der Waals surface area contributed by atoms with Gasteiger partial charge < -0.3 is 5.32 Å². The van der Waals surface area contributed by atoms with Gasteiger partial charge in [0.25, 0.3) is 0 Å². The number of ketones is 2. The van der Waals surface area contributed by atoms with Crippen molar-refractivity contribution < 1.29 is 31.6 Å². The van der Waals surface area contributed by atoms with Crippen LogP contribution in [0.15, 0.2) is 77.7 Å². The van der Waals surface area contributed by atoms with Crippen LogP contribution in [0.25, 0.3) is 0 Å². The number of hydrogen-bond donors (Lipinski definition) is 1. The van der Waals surface area contributed by atoms with E-state index in [0.717, 1.165) is 12.1 Å². The summed E-state index contributed by atoms with van der Waals surface area (Å²) in [5.41, 5.74) is -0.316. The molecule has 0 saturated carbocycles. The molecular weight excluding hydrogens is 454 g/mol. The zero-order valence-corrected chi connectivity index (χ0v) is 17.7. The molecule has 1 heterocycles. The van der Waals surface area contributed by atoms with Gasteiger partial charge in [-0.2, -0.15) is 4.31 Å². The minimum atomic E-state index is -4.44. The Hall–Kier alpha value is -3.76. The minimum Gasteiger partial charge on any atom is -0.325 e. The van der Waals surface area contributed by atoms with Gasteiger partial charge in [0.05, 0.1) is 11.4 Å². The maximum absolute atomic E-state index is 13.4. The molecule has 0 saturated heterocycles. The van der Waals surface area contributed by atoms with Crippen molar-refractivity contribution in [3.8, 4) is 0 Å². The van der Waals surface area contributed by atoms with Crippen molar-refractivity contribution in [1.29, 1.82) is 0 Å². The molecule has 3 aromatic rings. The second-order valence-electron chi connectivity index (χ2n) is 7.25. The van der Waals surface area contributed by atoms with Crippen LogP contribution in [0, 0.1) is 11.6 Å². The van der Waals surface area contributed by atoms with Gasteiger partial charge in [-0.05, 0) is 24.3 Å². The van der Waals surface area contributed by atoms with Crippen LogP contribution in [0.4, 0.5) is 14.5 Å². The zero-order valence-electron chi connectivity index (χ0n) is 16.9. The highest BCUT2D eigenvalue weighted by atomic mass is 32.2. The van der Waals surface area contributed by atoms with E-state index in [1.54, 1.807) is 18.2 Å². The molecule has 3 aromatic carbocycles. The lowest BCUT2D eigenvalue weighted by Gasteiger charge is -2.33. The normalized spacial score (nSPS) is 17.3. The molecule has 0 radical (unpaired) electrons. The molecule has 0 spiro atoms. The van der Waals surface area contributed by atoms with E-state index in [9.17, 15) is 31.6 Å². The maximum atomic E-state index is 13.4. The van der Waals surface area contributed by atoms with Crippen molar-refractivity contribution in [2.75, 3.05) is 11.9 Å². The lowest BCUT2D eigenvalue weighted by atomic mass is 9.96. The van der Waals surface area contributed by atoms with Crippen LogP contribution in [0.2, 0.25) is 0 Å². The van der Waals surface area contributed by atoms with Gasteiger partial charge in [-0.1, -0.05) is 42.5 Å². The minimum absolute atomic E-state index is 0.0861. The predicted octanol–water partition coefficient (Wildman–Crippen LogP) is 3.04. The highest BCUT2D eigenvalue weighted by Gasteiger charge is 2.48.